The molecule has 0 atom stereocenters. The Kier molecular flexibility index (Phi) is 6.89. The molecule has 0 spiro atoms. The lowest BCUT2D eigenvalue weighted by Crippen LogP contribution is -2.20. The van der Waals surface area contributed by atoms with Gasteiger partial charge in [0.1, 0.15) is 17.2 Å². The molecule has 2 amide bonds. The van der Waals surface area contributed by atoms with Crippen LogP contribution in [0.5, 0.6) is 17.2 Å². The first-order valence-electron chi connectivity index (χ1n) is 9.20. The molecule has 0 aliphatic carbocycles. The average molecular weight is 406 g/mol. The highest BCUT2D eigenvalue weighted by Crippen LogP contribution is 2.28. The Morgan fingerprint density at radius 2 is 1.50 bits per heavy atom. The van der Waals surface area contributed by atoms with E-state index in [4.69, 9.17) is 14.2 Å². The molecule has 3 aromatic carbocycles. The number of ether oxygens (including phenoxy) is 3. The van der Waals surface area contributed by atoms with Crippen molar-refractivity contribution in [1.82, 2.24) is 0 Å². The number of methoxy groups -OCH3 is 2. The van der Waals surface area contributed by atoms with Gasteiger partial charge in [-0.3, -0.25) is 9.59 Å². The molecule has 3 rings (SSSR count). The Morgan fingerprint density at radius 3 is 2.17 bits per heavy atom. The highest BCUT2D eigenvalue weighted by Gasteiger charge is 2.10. The first kappa shape index (κ1) is 20.7. The number of rotatable bonds is 8. The topological polar surface area (TPSA) is 85.9 Å². The highest BCUT2D eigenvalue weighted by atomic mass is 16.5. The third-order valence-corrected chi connectivity index (χ3v) is 4.20. The van der Waals surface area contributed by atoms with Gasteiger partial charge < -0.3 is 24.8 Å². The van der Waals surface area contributed by atoms with E-state index >= 15 is 0 Å². The van der Waals surface area contributed by atoms with Crippen LogP contribution in [-0.4, -0.2) is 32.6 Å². The summed E-state index contributed by atoms with van der Waals surface area (Å²) in [5.41, 5.74) is 1.69. The molecule has 0 heterocycles. The van der Waals surface area contributed by atoms with Crippen molar-refractivity contribution in [2.24, 2.45) is 0 Å². The van der Waals surface area contributed by atoms with Gasteiger partial charge >= 0.3 is 0 Å². The van der Waals surface area contributed by atoms with Crippen LogP contribution in [0.1, 0.15) is 10.4 Å². The molecule has 154 valence electrons. The van der Waals surface area contributed by atoms with Crippen molar-refractivity contribution < 1.29 is 23.8 Å². The quantitative estimate of drug-likeness (QED) is 0.591. The largest absolute Gasteiger partial charge is 0.497 e. The zero-order valence-electron chi connectivity index (χ0n) is 16.7. The number of carbonyl (C=O) groups excluding carboxylic acids is 2. The summed E-state index contributed by atoms with van der Waals surface area (Å²) in [5, 5.41) is 5.54. The summed E-state index contributed by atoms with van der Waals surface area (Å²) in [6, 6.07) is 20.8. The van der Waals surface area contributed by atoms with Gasteiger partial charge in [-0.05, 0) is 48.5 Å². The molecule has 0 fully saturated rings. The fourth-order valence-corrected chi connectivity index (χ4v) is 2.67. The Balaban J connectivity index is 1.54. The van der Waals surface area contributed by atoms with Crippen LogP contribution in [0.25, 0.3) is 0 Å². The molecule has 3 aromatic rings. The Hall–Kier alpha value is -4.00. The molecular formula is C23H22N2O5. The molecule has 0 saturated heterocycles. The summed E-state index contributed by atoms with van der Waals surface area (Å²) in [6.07, 6.45) is 0. The summed E-state index contributed by atoms with van der Waals surface area (Å²) in [7, 11) is 3.06. The minimum atomic E-state index is -0.344. The molecular weight excluding hydrogens is 384 g/mol. The predicted octanol–water partition coefficient (Wildman–Crippen LogP) is 3.97. The second-order valence-corrected chi connectivity index (χ2v) is 6.25. The lowest BCUT2D eigenvalue weighted by Gasteiger charge is -2.12. The van der Waals surface area contributed by atoms with Gasteiger partial charge in [0.25, 0.3) is 11.8 Å². The molecule has 0 saturated carbocycles. The minimum absolute atomic E-state index is 0.184. The molecule has 7 heteroatoms. The minimum Gasteiger partial charge on any atom is -0.497 e. The number of carbonyl (C=O) groups is 2. The second kappa shape index (κ2) is 9.97. The van der Waals surface area contributed by atoms with Crippen LogP contribution in [-0.2, 0) is 4.79 Å². The van der Waals surface area contributed by atoms with Gasteiger partial charge in [0.2, 0.25) is 0 Å². The van der Waals surface area contributed by atoms with Crippen LogP contribution in [0.4, 0.5) is 11.4 Å². The first-order chi connectivity index (χ1) is 14.6. The summed E-state index contributed by atoms with van der Waals surface area (Å²) in [4.78, 5) is 24.4. The number of benzene rings is 3. The summed E-state index contributed by atoms with van der Waals surface area (Å²) in [6.45, 7) is -0.184. The van der Waals surface area contributed by atoms with Crippen molar-refractivity contribution >= 4 is 23.2 Å². The Morgan fingerprint density at radius 1 is 0.800 bits per heavy atom. The van der Waals surface area contributed by atoms with Gasteiger partial charge in [0, 0.05) is 17.3 Å². The van der Waals surface area contributed by atoms with Gasteiger partial charge in [-0.2, -0.15) is 0 Å². The van der Waals surface area contributed by atoms with Crippen LogP contribution in [0.3, 0.4) is 0 Å². The fraction of sp³-hybridized carbons (Fsp3) is 0.130. The van der Waals surface area contributed by atoms with E-state index in [-0.39, 0.29) is 18.4 Å². The summed E-state index contributed by atoms with van der Waals surface area (Å²) < 4.78 is 15.9. The van der Waals surface area contributed by atoms with Crippen molar-refractivity contribution in [2.75, 3.05) is 31.5 Å². The third-order valence-electron chi connectivity index (χ3n) is 4.20. The van der Waals surface area contributed by atoms with Gasteiger partial charge in [-0.25, -0.2) is 0 Å². The molecule has 0 bridgehead atoms. The maximum absolute atomic E-state index is 12.2. The molecule has 0 unspecified atom stereocenters. The van der Waals surface area contributed by atoms with Gasteiger partial charge in [0.15, 0.2) is 6.61 Å². The van der Waals surface area contributed by atoms with Gasteiger partial charge in [-0.1, -0.05) is 18.2 Å². The molecule has 2 N–H and O–H groups in total. The van der Waals surface area contributed by atoms with E-state index in [2.05, 4.69) is 10.6 Å². The molecule has 0 aliphatic rings. The van der Waals surface area contributed by atoms with E-state index in [0.29, 0.717) is 34.2 Å². The van der Waals surface area contributed by atoms with E-state index in [0.717, 1.165) is 0 Å². The van der Waals surface area contributed by atoms with E-state index in [1.807, 2.05) is 6.07 Å². The second-order valence-electron chi connectivity index (χ2n) is 6.25. The molecule has 0 radical (unpaired) electrons. The molecule has 30 heavy (non-hydrogen) atoms. The van der Waals surface area contributed by atoms with Crippen molar-refractivity contribution in [3.8, 4) is 17.2 Å². The summed E-state index contributed by atoms with van der Waals surface area (Å²) in [5.74, 6) is 1.07. The number of nitrogens with one attached hydrogen (secondary N) is 2. The van der Waals surface area contributed by atoms with Crippen LogP contribution in [0, 0.1) is 0 Å². The first-order valence-corrected chi connectivity index (χ1v) is 9.20. The van der Waals surface area contributed by atoms with Crippen molar-refractivity contribution in [3.05, 3.63) is 78.4 Å². The number of hydrogen-bond donors (Lipinski definition) is 2. The standard InChI is InChI=1S/C23H22N2O5/c1-28-19-12-13-21(29-2)20(14-19)25-22(26)15-30-18-10-8-17(9-11-18)24-23(27)16-6-4-3-5-7-16/h3-14H,15H2,1-2H3,(H,24,27)(H,25,26). The summed E-state index contributed by atoms with van der Waals surface area (Å²) >= 11 is 0. The van der Waals surface area contributed by atoms with E-state index in [1.165, 1.54) is 7.11 Å². The average Bonchev–Trinajstić information content (AvgIpc) is 2.79. The molecule has 0 aliphatic heterocycles. The highest BCUT2D eigenvalue weighted by molar-refractivity contribution is 6.04. The number of anilines is 2. The third kappa shape index (κ3) is 5.51. The van der Waals surface area contributed by atoms with E-state index in [9.17, 15) is 9.59 Å². The van der Waals surface area contributed by atoms with Crippen LogP contribution in [0.15, 0.2) is 72.8 Å². The Bertz CT molecular complexity index is 1000. The van der Waals surface area contributed by atoms with E-state index in [1.54, 1.807) is 73.8 Å². The maximum Gasteiger partial charge on any atom is 0.262 e. The zero-order valence-corrected chi connectivity index (χ0v) is 16.7. The van der Waals surface area contributed by atoms with Crippen molar-refractivity contribution in [3.63, 3.8) is 0 Å². The molecule has 7 nitrogen and oxygen atoms in total. The predicted molar refractivity (Wildman–Crippen MR) is 115 cm³/mol. The van der Waals surface area contributed by atoms with Crippen LogP contribution < -0.4 is 24.8 Å². The zero-order chi connectivity index (χ0) is 21.3. The maximum atomic E-state index is 12.2. The number of amides is 2. The number of hydrogen-bond acceptors (Lipinski definition) is 5. The van der Waals surface area contributed by atoms with Crippen molar-refractivity contribution in [2.45, 2.75) is 0 Å². The normalized spacial score (nSPS) is 10.1. The lowest BCUT2D eigenvalue weighted by molar-refractivity contribution is -0.118. The monoisotopic (exact) mass is 406 g/mol. The Labute approximate surface area is 174 Å². The lowest BCUT2D eigenvalue weighted by atomic mass is 10.2. The van der Waals surface area contributed by atoms with Gasteiger partial charge in [0.05, 0.1) is 19.9 Å². The fourth-order valence-electron chi connectivity index (χ4n) is 2.67. The van der Waals surface area contributed by atoms with E-state index < -0.39 is 0 Å². The SMILES string of the molecule is COc1ccc(OC)c(NC(=O)COc2ccc(NC(=O)c3ccccc3)cc2)c1. The van der Waals surface area contributed by atoms with Crippen molar-refractivity contribution in [1.29, 1.82) is 0 Å². The smallest absolute Gasteiger partial charge is 0.262 e. The van der Waals surface area contributed by atoms with Gasteiger partial charge in [-0.15, -0.1) is 0 Å². The van der Waals surface area contributed by atoms with Crippen LogP contribution >= 0.6 is 0 Å². The molecule has 0 aromatic heterocycles. The van der Waals surface area contributed by atoms with Crippen LogP contribution in [0.2, 0.25) is 0 Å².